The molecule has 17 heavy (non-hydrogen) atoms. The Labute approximate surface area is 103 Å². The fourth-order valence-corrected chi connectivity index (χ4v) is 2.99. The minimum Gasteiger partial charge on any atom is -0.384 e. The van der Waals surface area contributed by atoms with E-state index < -0.39 is 0 Å². The first-order chi connectivity index (χ1) is 8.19. The van der Waals surface area contributed by atoms with E-state index >= 15 is 0 Å². The number of nitrogens with two attached hydrogens (primary N) is 1. The zero-order valence-electron chi connectivity index (χ0n) is 10.8. The van der Waals surface area contributed by atoms with Gasteiger partial charge in [-0.05, 0) is 31.2 Å². The molecule has 1 amide bonds. The highest BCUT2D eigenvalue weighted by Gasteiger charge is 2.39. The average molecular weight is 240 g/mol. The van der Waals surface area contributed by atoms with Gasteiger partial charge in [0.1, 0.15) is 0 Å². The summed E-state index contributed by atoms with van der Waals surface area (Å²) >= 11 is 0. The number of ether oxygens (including phenoxy) is 1. The topological polar surface area (TPSA) is 55.6 Å². The summed E-state index contributed by atoms with van der Waals surface area (Å²) in [6.07, 6.45) is 5.23. The highest BCUT2D eigenvalue weighted by molar-refractivity contribution is 5.77. The molecule has 2 aliphatic rings. The monoisotopic (exact) mass is 240 g/mol. The Balaban J connectivity index is 1.81. The van der Waals surface area contributed by atoms with Crippen molar-refractivity contribution in [2.24, 2.45) is 17.1 Å². The minimum absolute atomic E-state index is 0.135. The van der Waals surface area contributed by atoms with Gasteiger partial charge in [0, 0.05) is 32.5 Å². The van der Waals surface area contributed by atoms with E-state index in [4.69, 9.17) is 10.5 Å². The van der Waals surface area contributed by atoms with Crippen molar-refractivity contribution in [3.63, 3.8) is 0 Å². The number of carbonyl (C=O) groups excluding carboxylic acids is 1. The fourth-order valence-electron chi connectivity index (χ4n) is 2.99. The molecule has 1 aliphatic carbocycles. The predicted molar refractivity (Wildman–Crippen MR) is 66.5 cm³/mol. The summed E-state index contributed by atoms with van der Waals surface area (Å²) < 4.78 is 5.15. The number of methoxy groups -OCH3 is 1. The first-order valence-electron chi connectivity index (χ1n) is 6.66. The molecule has 2 rings (SSSR count). The normalized spacial score (nSPS) is 26.9. The van der Waals surface area contributed by atoms with E-state index in [0.29, 0.717) is 24.8 Å². The largest absolute Gasteiger partial charge is 0.384 e. The lowest BCUT2D eigenvalue weighted by atomic mass is 9.66. The van der Waals surface area contributed by atoms with Crippen molar-refractivity contribution in [2.75, 3.05) is 33.4 Å². The maximum Gasteiger partial charge on any atom is 0.223 e. The smallest absolute Gasteiger partial charge is 0.223 e. The molecule has 0 aromatic carbocycles. The van der Waals surface area contributed by atoms with Gasteiger partial charge in [-0.15, -0.1) is 0 Å². The molecule has 0 aromatic rings. The first kappa shape index (κ1) is 12.8. The van der Waals surface area contributed by atoms with Crippen LogP contribution in [0.1, 0.15) is 32.1 Å². The molecule has 4 nitrogen and oxygen atoms in total. The molecule has 1 aliphatic heterocycles. The van der Waals surface area contributed by atoms with Gasteiger partial charge in [0.05, 0.1) is 6.61 Å². The summed E-state index contributed by atoms with van der Waals surface area (Å²) in [6, 6.07) is 0. The van der Waals surface area contributed by atoms with Crippen molar-refractivity contribution in [1.29, 1.82) is 0 Å². The van der Waals surface area contributed by atoms with Gasteiger partial charge in [-0.3, -0.25) is 4.79 Å². The highest BCUT2D eigenvalue weighted by atomic mass is 16.5. The summed E-state index contributed by atoms with van der Waals surface area (Å²) in [5.41, 5.74) is 5.94. The van der Waals surface area contributed by atoms with Crippen molar-refractivity contribution in [3.05, 3.63) is 0 Å². The molecule has 0 aromatic heterocycles. The Morgan fingerprint density at radius 3 is 2.82 bits per heavy atom. The molecule has 0 bridgehead atoms. The van der Waals surface area contributed by atoms with Gasteiger partial charge in [0.2, 0.25) is 5.91 Å². The van der Waals surface area contributed by atoms with Crippen LogP contribution in [0.4, 0.5) is 0 Å². The van der Waals surface area contributed by atoms with Crippen LogP contribution in [0, 0.1) is 11.3 Å². The maximum absolute atomic E-state index is 12.2. The van der Waals surface area contributed by atoms with Crippen LogP contribution in [-0.4, -0.2) is 44.2 Å². The zero-order valence-corrected chi connectivity index (χ0v) is 10.8. The van der Waals surface area contributed by atoms with E-state index in [9.17, 15) is 4.79 Å². The van der Waals surface area contributed by atoms with E-state index in [1.54, 1.807) is 7.11 Å². The molecule has 4 heteroatoms. The quantitative estimate of drug-likeness (QED) is 0.780. The van der Waals surface area contributed by atoms with Crippen LogP contribution in [0.15, 0.2) is 0 Å². The second-order valence-electron chi connectivity index (χ2n) is 5.68. The molecule has 1 atom stereocenters. The molecule has 0 radical (unpaired) electrons. The highest BCUT2D eigenvalue weighted by Crippen LogP contribution is 2.43. The summed E-state index contributed by atoms with van der Waals surface area (Å²) in [5.74, 6) is 0.827. The minimum atomic E-state index is 0.135. The number of rotatable bonds is 5. The van der Waals surface area contributed by atoms with Crippen LogP contribution < -0.4 is 5.73 Å². The van der Waals surface area contributed by atoms with Gasteiger partial charge in [-0.2, -0.15) is 0 Å². The maximum atomic E-state index is 12.2. The Bertz CT molecular complexity index is 271. The van der Waals surface area contributed by atoms with Gasteiger partial charge in [0.25, 0.3) is 0 Å². The molecule has 2 fully saturated rings. The van der Waals surface area contributed by atoms with Crippen LogP contribution in [-0.2, 0) is 9.53 Å². The molecule has 1 saturated heterocycles. The van der Waals surface area contributed by atoms with Gasteiger partial charge in [-0.25, -0.2) is 0 Å². The average Bonchev–Trinajstić information content (AvgIpc) is 2.72. The van der Waals surface area contributed by atoms with Crippen molar-refractivity contribution >= 4 is 5.91 Å². The Morgan fingerprint density at radius 1 is 1.53 bits per heavy atom. The van der Waals surface area contributed by atoms with E-state index in [2.05, 4.69) is 0 Å². The van der Waals surface area contributed by atoms with Crippen molar-refractivity contribution < 1.29 is 9.53 Å². The van der Waals surface area contributed by atoms with Crippen molar-refractivity contribution in [1.82, 2.24) is 4.90 Å². The van der Waals surface area contributed by atoms with Gasteiger partial charge in [-0.1, -0.05) is 6.42 Å². The number of likely N-dealkylation sites (tertiary alicyclic amines) is 1. The lowest BCUT2D eigenvalue weighted by molar-refractivity contribution is -0.134. The number of amides is 1. The van der Waals surface area contributed by atoms with Crippen LogP contribution in [0.2, 0.25) is 0 Å². The van der Waals surface area contributed by atoms with Gasteiger partial charge < -0.3 is 15.4 Å². The molecular formula is C13H24N2O2. The molecule has 1 unspecified atom stereocenters. The molecule has 98 valence electrons. The molecule has 2 N–H and O–H groups in total. The van der Waals surface area contributed by atoms with Crippen LogP contribution in [0.5, 0.6) is 0 Å². The summed E-state index contributed by atoms with van der Waals surface area (Å²) in [5, 5.41) is 0. The Kier molecular flexibility index (Phi) is 4.05. The lowest BCUT2D eigenvalue weighted by Crippen LogP contribution is -2.42. The van der Waals surface area contributed by atoms with E-state index in [1.165, 1.54) is 6.42 Å². The Hall–Kier alpha value is -0.610. The third-order valence-corrected chi connectivity index (χ3v) is 4.41. The third kappa shape index (κ3) is 2.80. The fraction of sp³-hybridized carbons (Fsp3) is 0.923. The number of nitrogens with zero attached hydrogens (tertiary/aromatic N) is 1. The number of carbonyl (C=O) groups is 1. The number of hydrogen-bond acceptors (Lipinski definition) is 3. The molecular weight excluding hydrogens is 216 g/mol. The van der Waals surface area contributed by atoms with Gasteiger partial charge in [0.15, 0.2) is 0 Å². The summed E-state index contributed by atoms with van der Waals surface area (Å²) in [6.45, 7) is 3.20. The molecule has 0 spiro atoms. The zero-order chi connectivity index (χ0) is 12.3. The second-order valence-corrected chi connectivity index (χ2v) is 5.68. The van der Waals surface area contributed by atoms with E-state index in [0.717, 1.165) is 39.0 Å². The predicted octanol–water partition coefficient (Wildman–Crippen LogP) is 1.00. The van der Waals surface area contributed by atoms with Gasteiger partial charge >= 0.3 is 0 Å². The third-order valence-electron chi connectivity index (χ3n) is 4.41. The molecule has 1 heterocycles. The van der Waals surface area contributed by atoms with Crippen molar-refractivity contribution in [3.8, 4) is 0 Å². The SMILES string of the molecule is COCC1CCN(C(=O)CC2(CN)CCC2)C1. The van der Waals surface area contributed by atoms with Crippen molar-refractivity contribution in [2.45, 2.75) is 32.1 Å². The Morgan fingerprint density at radius 2 is 2.29 bits per heavy atom. The first-order valence-corrected chi connectivity index (χ1v) is 6.66. The van der Waals surface area contributed by atoms with Crippen LogP contribution >= 0.6 is 0 Å². The van der Waals surface area contributed by atoms with Crippen LogP contribution in [0.25, 0.3) is 0 Å². The van der Waals surface area contributed by atoms with E-state index in [1.807, 2.05) is 4.90 Å². The van der Waals surface area contributed by atoms with E-state index in [-0.39, 0.29) is 5.41 Å². The lowest BCUT2D eigenvalue weighted by Gasteiger charge is -2.41. The van der Waals surface area contributed by atoms with Crippen LogP contribution in [0.3, 0.4) is 0 Å². The summed E-state index contributed by atoms with van der Waals surface area (Å²) in [4.78, 5) is 14.2. The standard InChI is InChI=1S/C13H24N2O2/c1-17-9-11-3-6-15(8-11)12(16)7-13(10-14)4-2-5-13/h11H,2-10,14H2,1H3. The molecule has 1 saturated carbocycles. The number of hydrogen-bond donors (Lipinski definition) is 1. The summed E-state index contributed by atoms with van der Waals surface area (Å²) in [7, 11) is 1.72. The second kappa shape index (κ2) is 5.36.